The molecule has 2 aliphatic carbocycles. The van der Waals surface area contributed by atoms with Crippen LogP contribution >= 0.6 is 0 Å². The molecule has 1 nitrogen and oxygen atoms in total. The quantitative estimate of drug-likeness (QED) is 0.392. The van der Waals surface area contributed by atoms with Gasteiger partial charge in [0.05, 0.1) is 0 Å². The van der Waals surface area contributed by atoms with Crippen LogP contribution in [0.15, 0.2) is 22.8 Å². The summed E-state index contributed by atoms with van der Waals surface area (Å²) in [5, 5.41) is 0. The molecule has 0 amide bonds. The van der Waals surface area contributed by atoms with Crippen molar-refractivity contribution in [3.05, 3.63) is 22.8 Å². The summed E-state index contributed by atoms with van der Waals surface area (Å²) < 4.78 is 0. The van der Waals surface area contributed by atoms with Crippen LogP contribution in [-0.4, -0.2) is 13.9 Å². The minimum atomic E-state index is -1.30. The van der Waals surface area contributed by atoms with E-state index in [1.54, 1.807) is 0 Å². The van der Waals surface area contributed by atoms with Crippen molar-refractivity contribution >= 4 is 13.9 Å². The van der Waals surface area contributed by atoms with Gasteiger partial charge in [-0.25, -0.2) is 0 Å². The zero-order valence-corrected chi connectivity index (χ0v) is 13.4. The fraction of sp³-hybridized carbons (Fsp3) is 0.588. The van der Waals surface area contributed by atoms with E-state index in [0.29, 0.717) is 5.78 Å². The summed E-state index contributed by atoms with van der Waals surface area (Å²) in [5.41, 5.74) is 7.15. The third-order valence-corrected chi connectivity index (χ3v) is 4.53. The molecular formula is C17H24OSi. The Balaban J connectivity index is 2.23. The zero-order chi connectivity index (χ0) is 13.9. The fourth-order valence-electron chi connectivity index (χ4n) is 2.60. The summed E-state index contributed by atoms with van der Waals surface area (Å²) in [5.74, 6) is 3.78. The number of hydrogen-bond donors (Lipinski definition) is 0. The van der Waals surface area contributed by atoms with Crippen LogP contribution in [0.5, 0.6) is 0 Å². The molecule has 0 bridgehead atoms. The maximum absolute atomic E-state index is 11.9. The highest BCUT2D eigenvalue weighted by atomic mass is 28.3. The second kappa shape index (κ2) is 5.92. The number of allylic oxidation sites excluding steroid dienone is 4. The Bertz CT molecular complexity index is 492. The van der Waals surface area contributed by atoms with Gasteiger partial charge in [-0.05, 0) is 49.7 Å². The summed E-state index contributed by atoms with van der Waals surface area (Å²) >= 11 is 0. The highest BCUT2D eigenvalue weighted by Crippen LogP contribution is 2.30. The number of carbonyl (C=O) groups is 1. The lowest BCUT2D eigenvalue weighted by Crippen LogP contribution is -2.16. The summed E-state index contributed by atoms with van der Waals surface area (Å²) in [6, 6.07) is 0. The van der Waals surface area contributed by atoms with Gasteiger partial charge in [0.1, 0.15) is 8.07 Å². The van der Waals surface area contributed by atoms with Gasteiger partial charge in [-0.2, -0.15) is 0 Å². The van der Waals surface area contributed by atoms with Gasteiger partial charge < -0.3 is 0 Å². The maximum atomic E-state index is 11.9. The summed E-state index contributed by atoms with van der Waals surface area (Å²) in [4.78, 5) is 11.9. The lowest BCUT2D eigenvalue weighted by Gasteiger charge is -2.12. The third kappa shape index (κ3) is 4.21. The minimum Gasteiger partial charge on any atom is -0.295 e. The Labute approximate surface area is 118 Å². The highest BCUT2D eigenvalue weighted by Gasteiger charge is 2.18. The molecular weight excluding hydrogens is 248 g/mol. The first-order valence-corrected chi connectivity index (χ1v) is 10.9. The molecule has 2 rings (SSSR count). The Kier molecular flexibility index (Phi) is 4.47. The van der Waals surface area contributed by atoms with Crippen LogP contribution in [0.25, 0.3) is 0 Å². The fourth-order valence-corrected chi connectivity index (χ4v) is 3.12. The lowest BCUT2D eigenvalue weighted by molar-refractivity contribution is -0.116. The average Bonchev–Trinajstić information content (AvgIpc) is 2.76. The molecule has 0 heterocycles. The van der Waals surface area contributed by atoms with Gasteiger partial charge in [0, 0.05) is 12.0 Å². The molecule has 0 aromatic rings. The van der Waals surface area contributed by atoms with E-state index >= 15 is 0 Å². The van der Waals surface area contributed by atoms with Gasteiger partial charge in [-0.3, -0.25) is 4.79 Å². The molecule has 1 saturated carbocycles. The van der Waals surface area contributed by atoms with Crippen LogP contribution in [0, 0.1) is 11.5 Å². The second-order valence-electron chi connectivity index (χ2n) is 6.66. The summed E-state index contributed by atoms with van der Waals surface area (Å²) in [7, 11) is -1.30. The molecule has 102 valence electrons. The van der Waals surface area contributed by atoms with Crippen molar-refractivity contribution in [2.45, 2.75) is 64.6 Å². The first kappa shape index (κ1) is 14.3. The normalized spacial score (nSPS) is 22.7. The van der Waals surface area contributed by atoms with E-state index in [1.165, 1.54) is 24.0 Å². The molecule has 1 fully saturated rings. The van der Waals surface area contributed by atoms with E-state index in [9.17, 15) is 4.79 Å². The van der Waals surface area contributed by atoms with E-state index in [4.69, 9.17) is 0 Å². The number of carbonyl (C=O) groups excluding carboxylic acids is 1. The number of rotatable bonds is 1. The van der Waals surface area contributed by atoms with E-state index in [-0.39, 0.29) is 0 Å². The minimum absolute atomic E-state index is 0.364. The highest BCUT2D eigenvalue weighted by molar-refractivity contribution is 6.83. The van der Waals surface area contributed by atoms with Crippen LogP contribution in [0.3, 0.4) is 0 Å². The molecule has 0 N–H and O–H groups in total. The van der Waals surface area contributed by atoms with Crippen LogP contribution in [-0.2, 0) is 4.79 Å². The summed E-state index contributed by atoms with van der Waals surface area (Å²) in [6.45, 7) is 6.83. The van der Waals surface area contributed by atoms with Crippen molar-refractivity contribution in [2.24, 2.45) is 0 Å². The molecule has 0 aromatic carbocycles. The molecule has 0 spiro atoms. The zero-order valence-electron chi connectivity index (χ0n) is 12.4. The van der Waals surface area contributed by atoms with Gasteiger partial charge in [-0.1, -0.05) is 31.6 Å². The molecule has 0 saturated heterocycles. The molecule has 0 atom stereocenters. The molecule has 0 radical (unpaired) electrons. The predicted octanol–water partition coefficient (Wildman–Crippen LogP) is 4.42. The van der Waals surface area contributed by atoms with E-state index in [0.717, 1.165) is 37.7 Å². The van der Waals surface area contributed by atoms with Crippen molar-refractivity contribution in [3.8, 4) is 11.5 Å². The Morgan fingerprint density at radius 1 is 1.00 bits per heavy atom. The first-order valence-electron chi connectivity index (χ1n) is 7.45. The van der Waals surface area contributed by atoms with E-state index in [2.05, 4.69) is 37.2 Å². The number of hydrogen-bond acceptors (Lipinski definition) is 1. The van der Waals surface area contributed by atoms with Gasteiger partial charge >= 0.3 is 0 Å². The molecule has 0 aromatic heterocycles. The van der Waals surface area contributed by atoms with Crippen molar-refractivity contribution in [1.29, 1.82) is 0 Å². The standard InChI is InChI=1S/C17H24OSi/c1-19(2,3)12-11-14-8-6-9-15(14)13-16-7-4-5-10-17(16)18/h13H,4-10H2,1-3H3/b16-13-. The first-order chi connectivity index (χ1) is 8.96. The summed E-state index contributed by atoms with van der Waals surface area (Å²) in [6.07, 6.45) is 9.52. The van der Waals surface area contributed by atoms with Crippen LogP contribution in [0.4, 0.5) is 0 Å². The topological polar surface area (TPSA) is 17.1 Å². The van der Waals surface area contributed by atoms with Crippen molar-refractivity contribution < 1.29 is 4.79 Å². The molecule has 2 heteroatoms. The third-order valence-electron chi connectivity index (χ3n) is 3.66. The largest absolute Gasteiger partial charge is 0.295 e. The molecule has 19 heavy (non-hydrogen) atoms. The Hall–Kier alpha value is -1.07. The Morgan fingerprint density at radius 2 is 1.74 bits per heavy atom. The molecule has 0 aliphatic heterocycles. The molecule has 0 unspecified atom stereocenters. The number of ketones is 1. The van der Waals surface area contributed by atoms with E-state index < -0.39 is 8.07 Å². The van der Waals surface area contributed by atoms with Gasteiger partial charge in [0.25, 0.3) is 0 Å². The van der Waals surface area contributed by atoms with E-state index in [1.807, 2.05) is 0 Å². The van der Waals surface area contributed by atoms with Crippen LogP contribution in [0.2, 0.25) is 19.6 Å². The van der Waals surface area contributed by atoms with Gasteiger partial charge in [0.15, 0.2) is 5.78 Å². The predicted molar refractivity (Wildman–Crippen MR) is 83.6 cm³/mol. The molecule has 2 aliphatic rings. The van der Waals surface area contributed by atoms with Crippen molar-refractivity contribution in [1.82, 2.24) is 0 Å². The lowest BCUT2D eigenvalue weighted by atomic mass is 9.91. The monoisotopic (exact) mass is 272 g/mol. The van der Waals surface area contributed by atoms with Crippen LogP contribution in [0.1, 0.15) is 44.9 Å². The van der Waals surface area contributed by atoms with Crippen molar-refractivity contribution in [2.75, 3.05) is 0 Å². The van der Waals surface area contributed by atoms with Gasteiger partial charge in [0.2, 0.25) is 0 Å². The number of Topliss-reactive ketones (excluding diaryl/α,β-unsaturated/α-hetero) is 1. The smallest absolute Gasteiger partial charge is 0.158 e. The van der Waals surface area contributed by atoms with Gasteiger partial charge in [-0.15, -0.1) is 5.54 Å². The van der Waals surface area contributed by atoms with Crippen molar-refractivity contribution in [3.63, 3.8) is 0 Å². The van der Waals surface area contributed by atoms with Crippen LogP contribution < -0.4 is 0 Å². The maximum Gasteiger partial charge on any atom is 0.158 e. The Morgan fingerprint density at radius 3 is 2.42 bits per heavy atom. The average molecular weight is 272 g/mol. The SMILES string of the molecule is C[Si](C)(C)C#CC1=C(/C=C2/CCCCC2=O)CCC1. The second-order valence-corrected chi connectivity index (χ2v) is 11.4.